The fourth-order valence-electron chi connectivity index (χ4n) is 4.77. The van der Waals surface area contributed by atoms with Gasteiger partial charge >= 0.3 is 6.18 Å². The molecule has 1 spiro atoms. The number of alkyl halides is 3. The van der Waals surface area contributed by atoms with E-state index in [4.69, 9.17) is 31.7 Å². The molecule has 1 aromatic heterocycles. The van der Waals surface area contributed by atoms with Crippen LogP contribution in [0.5, 0.6) is 5.75 Å². The molecule has 1 aromatic carbocycles. The summed E-state index contributed by atoms with van der Waals surface area (Å²) in [6.45, 7) is 0.478. The van der Waals surface area contributed by atoms with Gasteiger partial charge in [-0.15, -0.1) is 0 Å². The fraction of sp³-hybridized carbons (Fsp3) is 0.435. The molecule has 184 valence electrons. The smallest absolute Gasteiger partial charge is 0.419 e. The largest absolute Gasteiger partial charge is 0.488 e. The van der Waals surface area contributed by atoms with Gasteiger partial charge in [0.05, 0.1) is 29.6 Å². The van der Waals surface area contributed by atoms with Gasteiger partial charge in [0, 0.05) is 18.9 Å². The van der Waals surface area contributed by atoms with Gasteiger partial charge in [-0.1, -0.05) is 0 Å². The van der Waals surface area contributed by atoms with E-state index in [-0.39, 0.29) is 29.3 Å². The molecule has 12 heteroatoms. The number of aromatic nitrogens is 1. The van der Waals surface area contributed by atoms with E-state index >= 15 is 0 Å². The summed E-state index contributed by atoms with van der Waals surface area (Å²) in [5.41, 5.74) is -1.89. The van der Waals surface area contributed by atoms with Crippen LogP contribution >= 0.6 is 12.2 Å². The number of pyridine rings is 1. The maximum Gasteiger partial charge on any atom is 0.419 e. The zero-order valence-electron chi connectivity index (χ0n) is 18.5. The van der Waals surface area contributed by atoms with Crippen molar-refractivity contribution in [1.82, 2.24) is 4.98 Å². The average Bonchev–Trinajstić information content (AvgIpc) is 3.58. The van der Waals surface area contributed by atoms with Crippen LogP contribution in [0.15, 0.2) is 30.5 Å². The van der Waals surface area contributed by atoms with Gasteiger partial charge in [0.1, 0.15) is 18.8 Å². The van der Waals surface area contributed by atoms with E-state index in [9.17, 15) is 17.6 Å². The van der Waals surface area contributed by atoms with E-state index in [1.165, 1.54) is 36.4 Å². The second kappa shape index (κ2) is 8.58. The molecule has 1 aliphatic carbocycles. The van der Waals surface area contributed by atoms with E-state index in [0.29, 0.717) is 12.3 Å². The minimum atomic E-state index is -4.77. The average molecular weight is 508 g/mol. The van der Waals surface area contributed by atoms with Crippen LogP contribution in [0.2, 0.25) is 0 Å². The summed E-state index contributed by atoms with van der Waals surface area (Å²) in [6, 6.07) is 6.78. The molecule has 0 amide bonds. The maximum absolute atomic E-state index is 14.9. The monoisotopic (exact) mass is 508 g/mol. The molecule has 5 rings (SSSR count). The standard InChI is InChI=1S/C23H20F4N4O3S/c1-32-7-8-33-18-4-3-13(10-16(18)24)31-21(35)30(20-19(34-20)22(31)5-2-6-22)14-9-15(23(25,26)27)17(11-28)29-12-14/h3-4,9-10,12,19-20H,2,5-8H2,1H3. The quantitative estimate of drug-likeness (QED) is 0.246. The number of thiocarbonyl (C=S) groups is 1. The normalized spacial score (nSPS) is 22.5. The summed E-state index contributed by atoms with van der Waals surface area (Å²) >= 11 is 5.75. The van der Waals surface area contributed by atoms with Crippen molar-refractivity contribution in [3.8, 4) is 11.8 Å². The van der Waals surface area contributed by atoms with Crippen LogP contribution in [0.3, 0.4) is 0 Å². The number of rotatable bonds is 6. The Labute approximate surface area is 203 Å². The number of fused-ring (bicyclic) bond motifs is 2. The molecular formula is C23H20F4N4O3S. The van der Waals surface area contributed by atoms with Crippen molar-refractivity contribution >= 4 is 28.7 Å². The van der Waals surface area contributed by atoms with Gasteiger partial charge in [0.15, 0.2) is 28.6 Å². The highest BCUT2D eigenvalue weighted by Gasteiger charge is 2.68. The second-order valence-electron chi connectivity index (χ2n) is 8.55. The zero-order valence-corrected chi connectivity index (χ0v) is 19.3. The third-order valence-corrected chi connectivity index (χ3v) is 6.98. The van der Waals surface area contributed by atoms with Crippen molar-refractivity contribution < 1.29 is 31.8 Å². The molecule has 0 N–H and O–H groups in total. The third-order valence-electron chi connectivity index (χ3n) is 6.60. The van der Waals surface area contributed by atoms with Gasteiger partial charge in [-0.05, 0) is 49.7 Å². The molecule has 3 aliphatic rings. The minimum absolute atomic E-state index is 0.0491. The number of methoxy groups -OCH3 is 1. The number of hydrogen-bond donors (Lipinski definition) is 0. The Bertz CT molecular complexity index is 1210. The second-order valence-corrected chi connectivity index (χ2v) is 8.91. The number of nitriles is 1. The van der Waals surface area contributed by atoms with E-state index in [2.05, 4.69) is 4.98 Å². The highest BCUT2D eigenvalue weighted by atomic mass is 32.1. The molecule has 3 heterocycles. The van der Waals surface area contributed by atoms with Crippen LogP contribution in [0, 0.1) is 17.1 Å². The number of benzene rings is 1. The van der Waals surface area contributed by atoms with Crippen molar-refractivity contribution in [3.63, 3.8) is 0 Å². The Morgan fingerprint density at radius 2 is 2.03 bits per heavy atom. The molecule has 0 bridgehead atoms. The predicted octanol–water partition coefficient (Wildman–Crippen LogP) is 4.40. The summed E-state index contributed by atoms with van der Waals surface area (Å²) in [4.78, 5) is 6.94. The Morgan fingerprint density at radius 3 is 2.63 bits per heavy atom. The SMILES string of the molecule is COCCOc1ccc(N2C(=S)N(c3cnc(C#N)c(C(F)(F)F)c3)C3OC3C23CCC3)cc1F. The number of epoxide rings is 1. The maximum atomic E-state index is 14.9. The number of halogens is 4. The molecular weight excluding hydrogens is 488 g/mol. The lowest BCUT2D eigenvalue weighted by Gasteiger charge is -2.54. The van der Waals surface area contributed by atoms with Crippen LogP contribution in [0.1, 0.15) is 30.5 Å². The van der Waals surface area contributed by atoms with Gasteiger partial charge in [-0.25, -0.2) is 9.37 Å². The van der Waals surface area contributed by atoms with Crippen LogP contribution in [0.25, 0.3) is 0 Å². The van der Waals surface area contributed by atoms with Crippen LogP contribution in [0.4, 0.5) is 28.9 Å². The Balaban J connectivity index is 1.52. The molecule has 2 saturated heterocycles. The summed E-state index contributed by atoms with van der Waals surface area (Å²) in [5, 5.41) is 9.25. The summed E-state index contributed by atoms with van der Waals surface area (Å²) < 4.78 is 71.8. The molecule has 1 saturated carbocycles. The van der Waals surface area contributed by atoms with E-state index in [0.717, 1.165) is 25.3 Å². The first-order valence-electron chi connectivity index (χ1n) is 10.9. The number of anilines is 2. The van der Waals surface area contributed by atoms with E-state index < -0.39 is 35.0 Å². The number of hydrogen-bond acceptors (Lipinski definition) is 6. The molecule has 3 fully saturated rings. The van der Waals surface area contributed by atoms with Crippen molar-refractivity contribution in [2.75, 3.05) is 30.1 Å². The molecule has 2 unspecified atom stereocenters. The van der Waals surface area contributed by atoms with Crippen molar-refractivity contribution in [1.29, 1.82) is 5.26 Å². The van der Waals surface area contributed by atoms with Gasteiger partial charge < -0.3 is 19.1 Å². The molecule has 0 radical (unpaired) electrons. The van der Waals surface area contributed by atoms with Gasteiger partial charge in [0.25, 0.3) is 0 Å². The van der Waals surface area contributed by atoms with E-state index in [1.807, 2.05) is 0 Å². The highest BCUT2D eigenvalue weighted by molar-refractivity contribution is 7.80. The van der Waals surface area contributed by atoms with E-state index in [1.54, 1.807) is 11.0 Å². The molecule has 7 nitrogen and oxygen atoms in total. The fourth-order valence-corrected chi connectivity index (χ4v) is 5.27. The first kappa shape index (κ1) is 23.7. The lowest BCUT2D eigenvalue weighted by Crippen LogP contribution is -2.68. The predicted molar refractivity (Wildman–Crippen MR) is 121 cm³/mol. The lowest BCUT2D eigenvalue weighted by atomic mass is 9.71. The zero-order chi connectivity index (χ0) is 25.0. The molecule has 2 aliphatic heterocycles. The van der Waals surface area contributed by atoms with Gasteiger partial charge in [-0.3, -0.25) is 4.90 Å². The third kappa shape index (κ3) is 3.87. The Kier molecular flexibility index (Phi) is 5.82. The first-order valence-corrected chi connectivity index (χ1v) is 11.3. The Morgan fingerprint density at radius 1 is 1.26 bits per heavy atom. The van der Waals surface area contributed by atoms with Crippen molar-refractivity contribution in [2.24, 2.45) is 0 Å². The minimum Gasteiger partial charge on any atom is -0.488 e. The molecule has 2 aromatic rings. The van der Waals surface area contributed by atoms with Crippen LogP contribution in [-0.2, 0) is 15.7 Å². The van der Waals surface area contributed by atoms with Crippen LogP contribution < -0.4 is 14.5 Å². The molecule has 35 heavy (non-hydrogen) atoms. The summed E-state index contributed by atoms with van der Waals surface area (Å²) in [6.07, 6.45) is -2.08. The van der Waals surface area contributed by atoms with Gasteiger partial charge in [-0.2, -0.15) is 18.4 Å². The molecule has 2 atom stereocenters. The lowest BCUT2D eigenvalue weighted by molar-refractivity contribution is -0.138. The topological polar surface area (TPSA) is 74.2 Å². The number of nitrogens with zero attached hydrogens (tertiary/aromatic N) is 4. The summed E-state index contributed by atoms with van der Waals surface area (Å²) in [7, 11) is 1.51. The summed E-state index contributed by atoms with van der Waals surface area (Å²) in [5.74, 6) is -0.541. The van der Waals surface area contributed by atoms with Crippen LogP contribution in [-0.4, -0.2) is 48.3 Å². The van der Waals surface area contributed by atoms with Crippen molar-refractivity contribution in [2.45, 2.75) is 43.3 Å². The van der Waals surface area contributed by atoms with Gasteiger partial charge in [0.2, 0.25) is 0 Å². The highest BCUT2D eigenvalue weighted by Crippen LogP contribution is 2.56. The Hall–Kier alpha value is -3.01. The first-order chi connectivity index (χ1) is 16.7. The number of ether oxygens (including phenoxy) is 3. The van der Waals surface area contributed by atoms with Crippen molar-refractivity contribution in [3.05, 3.63) is 47.5 Å².